The lowest BCUT2D eigenvalue weighted by molar-refractivity contribution is -0.139. The molecule has 2 aliphatic heterocycles. The molecule has 0 spiro atoms. The molecule has 2 heterocycles. The number of piperazine rings is 1. The zero-order chi connectivity index (χ0) is 13.8. The summed E-state index contributed by atoms with van der Waals surface area (Å²) in [4.78, 5) is 14.9. The maximum Gasteiger partial charge on any atom is 0.227 e. The van der Waals surface area contributed by atoms with E-state index in [0.29, 0.717) is 5.91 Å². The summed E-state index contributed by atoms with van der Waals surface area (Å²) >= 11 is 0. The van der Waals surface area contributed by atoms with Crippen LogP contribution in [-0.4, -0.2) is 43.5 Å². The Bertz CT molecular complexity index is 442. The van der Waals surface area contributed by atoms with Crippen molar-refractivity contribution in [2.45, 2.75) is 18.9 Å². The topological polar surface area (TPSA) is 44.4 Å². The molecule has 2 fully saturated rings. The van der Waals surface area contributed by atoms with Crippen molar-refractivity contribution in [3.8, 4) is 0 Å². The molecule has 4 heteroatoms. The number of rotatable bonds is 2. The molecule has 3 rings (SSSR count). The standard InChI is InChI=1S/C16H23N3O/c20-16(14-7-4-8-17-11-14)19-10-9-18-12-15(19)13-5-2-1-3-6-13/h1-3,5-6,14-15,17-18H,4,7-12H2. The highest BCUT2D eigenvalue weighted by atomic mass is 16.2. The molecule has 108 valence electrons. The largest absolute Gasteiger partial charge is 0.333 e. The van der Waals surface area contributed by atoms with Gasteiger partial charge in [-0.05, 0) is 24.9 Å². The summed E-state index contributed by atoms with van der Waals surface area (Å²) < 4.78 is 0. The molecular weight excluding hydrogens is 250 g/mol. The van der Waals surface area contributed by atoms with Gasteiger partial charge in [-0.25, -0.2) is 0 Å². The number of nitrogens with one attached hydrogen (secondary N) is 2. The first-order chi connectivity index (χ1) is 9.86. The number of hydrogen-bond acceptors (Lipinski definition) is 3. The third-order valence-corrected chi connectivity index (χ3v) is 4.36. The van der Waals surface area contributed by atoms with Crippen LogP contribution < -0.4 is 10.6 Å². The Morgan fingerprint density at radius 2 is 1.90 bits per heavy atom. The van der Waals surface area contributed by atoms with Crippen LogP contribution in [0, 0.1) is 5.92 Å². The quantitative estimate of drug-likeness (QED) is 0.850. The number of piperidine rings is 1. The van der Waals surface area contributed by atoms with Gasteiger partial charge in [0, 0.05) is 26.2 Å². The maximum absolute atomic E-state index is 12.8. The summed E-state index contributed by atoms with van der Waals surface area (Å²) in [5, 5.41) is 6.76. The van der Waals surface area contributed by atoms with Crippen LogP contribution >= 0.6 is 0 Å². The number of hydrogen-bond donors (Lipinski definition) is 2. The molecule has 0 bridgehead atoms. The molecule has 2 saturated heterocycles. The zero-order valence-corrected chi connectivity index (χ0v) is 11.8. The number of carbonyl (C=O) groups is 1. The molecule has 4 nitrogen and oxygen atoms in total. The SMILES string of the molecule is O=C(C1CCCNC1)N1CCNCC1c1ccccc1. The van der Waals surface area contributed by atoms with Gasteiger partial charge in [-0.2, -0.15) is 0 Å². The van der Waals surface area contributed by atoms with E-state index in [1.807, 2.05) is 6.07 Å². The lowest BCUT2D eigenvalue weighted by atomic mass is 9.95. The third kappa shape index (κ3) is 2.86. The van der Waals surface area contributed by atoms with Gasteiger partial charge in [-0.15, -0.1) is 0 Å². The van der Waals surface area contributed by atoms with Crippen LogP contribution in [0.25, 0.3) is 0 Å². The van der Waals surface area contributed by atoms with Crippen molar-refractivity contribution in [1.29, 1.82) is 0 Å². The van der Waals surface area contributed by atoms with E-state index in [-0.39, 0.29) is 12.0 Å². The number of carbonyl (C=O) groups excluding carboxylic acids is 1. The van der Waals surface area contributed by atoms with Gasteiger partial charge >= 0.3 is 0 Å². The van der Waals surface area contributed by atoms with E-state index >= 15 is 0 Å². The maximum atomic E-state index is 12.8. The second kappa shape index (κ2) is 6.37. The predicted octanol–water partition coefficient (Wildman–Crippen LogP) is 1.16. The average Bonchev–Trinajstić information content (AvgIpc) is 2.56. The highest BCUT2D eigenvalue weighted by Crippen LogP contribution is 2.25. The first-order valence-electron chi connectivity index (χ1n) is 7.63. The van der Waals surface area contributed by atoms with Crippen LogP contribution in [0.3, 0.4) is 0 Å². The Hall–Kier alpha value is -1.39. The van der Waals surface area contributed by atoms with Crippen molar-refractivity contribution in [2.75, 3.05) is 32.7 Å². The molecule has 0 saturated carbocycles. The molecule has 1 aromatic carbocycles. The minimum absolute atomic E-state index is 0.160. The van der Waals surface area contributed by atoms with Crippen LogP contribution in [-0.2, 0) is 4.79 Å². The van der Waals surface area contributed by atoms with Gasteiger partial charge in [0.1, 0.15) is 0 Å². The van der Waals surface area contributed by atoms with E-state index in [1.54, 1.807) is 0 Å². The Balaban J connectivity index is 1.76. The van der Waals surface area contributed by atoms with Crippen LogP contribution in [0.5, 0.6) is 0 Å². The van der Waals surface area contributed by atoms with E-state index in [9.17, 15) is 4.79 Å². The fraction of sp³-hybridized carbons (Fsp3) is 0.562. The van der Waals surface area contributed by atoms with Crippen molar-refractivity contribution in [3.63, 3.8) is 0 Å². The van der Waals surface area contributed by atoms with E-state index in [0.717, 1.165) is 45.6 Å². The first kappa shape index (κ1) is 13.6. The van der Waals surface area contributed by atoms with Crippen molar-refractivity contribution in [2.24, 2.45) is 5.92 Å². The van der Waals surface area contributed by atoms with Crippen molar-refractivity contribution in [3.05, 3.63) is 35.9 Å². The molecular formula is C16H23N3O. The summed E-state index contributed by atoms with van der Waals surface area (Å²) in [6.45, 7) is 4.46. The lowest BCUT2D eigenvalue weighted by Crippen LogP contribution is -2.52. The van der Waals surface area contributed by atoms with Crippen molar-refractivity contribution < 1.29 is 4.79 Å². The molecule has 2 N–H and O–H groups in total. The Labute approximate surface area is 120 Å². The van der Waals surface area contributed by atoms with Gasteiger partial charge in [-0.3, -0.25) is 4.79 Å². The van der Waals surface area contributed by atoms with E-state index < -0.39 is 0 Å². The second-order valence-electron chi connectivity index (χ2n) is 5.71. The van der Waals surface area contributed by atoms with Gasteiger partial charge in [0.15, 0.2) is 0 Å². The summed E-state index contributed by atoms with van der Waals surface area (Å²) in [7, 11) is 0. The summed E-state index contributed by atoms with van der Waals surface area (Å²) in [5.41, 5.74) is 1.23. The zero-order valence-electron chi connectivity index (χ0n) is 11.8. The van der Waals surface area contributed by atoms with Crippen LogP contribution in [0.4, 0.5) is 0 Å². The molecule has 0 aromatic heterocycles. The van der Waals surface area contributed by atoms with Crippen molar-refractivity contribution >= 4 is 5.91 Å². The molecule has 0 aliphatic carbocycles. The molecule has 2 atom stereocenters. The van der Waals surface area contributed by atoms with E-state index in [1.165, 1.54) is 5.56 Å². The van der Waals surface area contributed by atoms with E-state index in [2.05, 4.69) is 39.8 Å². The normalized spacial score (nSPS) is 27.3. The molecule has 0 radical (unpaired) electrons. The van der Waals surface area contributed by atoms with Gasteiger partial charge in [0.25, 0.3) is 0 Å². The van der Waals surface area contributed by atoms with Crippen LogP contribution in [0.15, 0.2) is 30.3 Å². The predicted molar refractivity (Wildman–Crippen MR) is 79.4 cm³/mol. The molecule has 2 aliphatic rings. The summed E-state index contributed by atoms with van der Waals surface area (Å²) in [5.74, 6) is 0.487. The Morgan fingerprint density at radius 3 is 2.65 bits per heavy atom. The monoisotopic (exact) mass is 273 g/mol. The highest BCUT2D eigenvalue weighted by Gasteiger charge is 2.32. The minimum Gasteiger partial charge on any atom is -0.333 e. The van der Waals surface area contributed by atoms with Gasteiger partial charge in [0.05, 0.1) is 12.0 Å². The smallest absolute Gasteiger partial charge is 0.227 e. The molecule has 2 unspecified atom stereocenters. The third-order valence-electron chi connectivity index (χ3n) is 4.36. The Morgan fingerprint density at radius 1 is 1.10 bits per heavy atom. The summed E-state index contributed by atoms with van der Waals surface area (Å²) in [6.07, 6.45) is 2.13. The van der Waals surface area contributed by atoms with Gasteiger partial charge < -0.3 is 15.5 Å². The Kier molecular flexibility index (Phi) is 4.33. The average molecular weight is 273 g/mol. The second-order valence-corrected chi connectivity index (χ2v) is 5.71. The summed E-state index contributed by atoms with van der Waals surface area (Å²) in [6, 6.07) is 10.5. The van der Waals surface area contributed by atoms with Crippen LogP contribution in [0.1, 0.15) is 24.4 Å². The number of benzene rings is 1. The molecule has 20 heavy (non-hydrogen) atoms. The van der Waals surface area contributed by atoms with E-state index in [4.69, 9.17) is 0 Å². The van der Waals surface area contributed by atoms with Gasteiger partial charge in [-0.1, -0.05) is 30.3 Å². The minimum atomic E-state index is 0.160. The van der Waals surface area contributed by atoms with Crippen LogP contribution in [0.2, 0.25) is 0 Å². The number of amides is 1. The highest BCUT2D eigenvalue weighted by molar-refractivity contribution is 5.80. The molecule has 1 amide bonds. The lowest BCUT2D eigenvalue weighted by Gasteiger charge is -2.39. The fourth-order valence-corrected chi connectivity index (χ4v) is 3.24. The van der Waals surface area contributed by atoms with Crippen molar-refractivity contribution in [1.82, 2.24) is 15.5 Å². The fourth-order valence-electron chi connectivity index (χ4n) is 3.24. The van der Waals surface area contributed by atoms with Gasteiger partial charge in [0.2, 0.25) is 5.91 Å². The number of nitrogens with zero attached hydrogens (tertiary/aromatic N) is 1. The molecule has 1 aromatic rings. The first-order valence-corrected chi connectivity index (χ1v) is 7.63.